The average Bonchev–Trinajstić information content (AvgIpc) is 3.48. The molecule has 2 aromatic carbocycles. The first-order valence-electron chi connectivity index (χ1n) is 16.6. The number of ether oxygens (including phenoxy) is 3. The molecule has 1 fully saturated rings. The van der Waals surface area contributed by atoms with Crippen LogP contribution in [-0.4, -0.2) is 70.3 Å². The zero-order chi connectivity index (χ0) is 35.8. The Morgan fingerprint density at radius 3 is 2.43 bits per heavy atom. The molecule has 5 rings (SSSR count). The van der Waals surface area contributed by atoms with Gasteiger partial charge in [0.15, 0.2) is 5.65 Å². The maximum atomic E-state index is 12.5. The van der Waals surface area contributed by atoms with E-state index < -0.39 is 5.60 Å². The average molecular weight is 689 g/mol. The van der Waals surface area contributed by atoms with Crippen LogP contribution in [0.3, 0.4) is 0 Å². The van der Waals surface area contributed by atoms with Crippen molar-refractivity contribution in [2.75, 3.05) is 38.3 Å². The predicted molar refractivity (Wildman–Crippen MR) is 198 cm³/mol. The normalized spacial score (nSPS) is 14.2. The number of aromatic nitrogens is 3. The molecule has 1 saturated heterocycles. The van der Waals surface area contributed by atoms with Crippen LogP contribution in [0.4, 0.5) is 5.82 Å². The van der Waals surface area contributed by atoms with Crippen molar-refractivity contribution < 1.29 is 24.1 Å². The molecule has 49 heavy (non-hydrogen) atoms. The van der Waals surface area contributed by atoms with Gasteiger partial charge in [-0.15, -0.1) is 13.2 Å². The molecule has 10 heteroatoms. The molecule has 4 aromatic rings. The molecule has 0 spiro atoms. The van der Waals surface area contributed by atoms with Gasteiger partial charge >= 0.3 is 5.97 Å². The van der Waals surface area contributed by atoms with Gasteiger partial charge in [-0.1, -0.05) is 42.0 Å². The van der Waals surface area contributed by atoms with Gasteiger partial charge in [-0.05, 0) is 83.7 Å². The fourth-order valence-corrected chi connectivity index (χ4v) is 5.75. The number of carbonyl (C=O) groups is 1. The number of carbonyl (C=O) groups excluding carboxylic acids is 1. The van der Waals surface area contributed by atoms with Crippen molar-refractivity contribution in [1.82, 2.24) is 14.6 Å². The maximum Gasteiger partial charge on any atom is 0.310 e. The Morgan fingerprint density at radius 2 is 1.78 bits per heavy atom. The minimum atomic E-state index is -0.500. The quantitative estimate of drug-likeness (QED) is 0.0908. The van der Waals surface area contributed by atoms with Crippen LogP contribution in [-0.2, 0) is 20.7 Å². The third kappa shape index (κ3) is 10.2. The smallest absolute Gasteiger partial charge is 0.310 e. The Kier molecular flexibility index (Phi) is 12.7. The molecular weight excluding hydrogens is 640 g/mol. The van der Waals surface area contributed by atoms with E-state index in [-0.39, 0.29) is 18.0 Å². The third-order valence-electron chi connectivity index (χ3n) is 8.09. The van der Waals surface area contributed by atoms with Gasteiger partial charge < -0.3 is 24.2 Å². The summed E-state index contributed by atoms with van der Waals surface area (Å²) < 4.78 is 19.1. The lowest BCUT2D eigenvalue weighted by Gasteiger charge is -2.40. The number of nitrogens with zero attached hydrogens (tertiary/aromatic N) is 4. The second-order valence-electron chi connectivity index (χ2n) is 13.4. The molecule has 1 aliphatic heterocycles. The first-order chi connectivity index (χ1) is 23.2. The number of rotatable bonds is 12. The molecule has 0 radical (unpaired) electrons. The minimum absolute atomic E-state index is 0.107. The second-order valence-corrected chi connectivity index (χ2v) is 13.8. The van der Waals surface area contributed by atoms with E-state index in [4.69, 9.17) is 41.0 Å². The number of benzene rings is 2. The van der Waals surface area contributed by atoms with Crippen molar-refractivity contribution in [2.24, 2.45) is 0 Å². The second kappa shape index (κ2) is 16.5. The number of anilines is 1. The summed E-state index contributed by atoms with van der Waals surface area (Å²) in [6, 6.07) is 15.8. The molecule has 1 N–H and O–H groups in total. The molecule has 0 aliphatic carbocycles. The molecule has 262 valence electrons. The lowest BCUT2D eigenvalue weighted by Crippen LogP contribution is -2.45. The predicted octanol–water partition coefficient (Wildman–Crippen LogP) is 8.03. The Hall–Kier alpha value is -4.18. The molecule has 0 amide bonds. The Labute approximate surface area is 295 Å². The van der Waals surface area contributed by atoms with Crippen molar-refractivity contribution in [2.45, 2.75) is 71.5 Å². The number of piperidine rings is 1. The van der Waals surface area contributed by atoms with E-state index in [1.807, 2.05) is 60.0 Å². The fourth-order valence-electron chi connectivity index (χ4n) is 5.57. The van der Waals surface area contributed by atoms with Crippen LogP contribution in [0.15, 0.2) is 73.8 Å². The van der Waals surface area contributed by atoms with Gasteiger partial charge in [0.1, 0.15) is 11.6 Å². The number of esters is 1. The van der Waals surface area contributed by atoms with E-state index in [2.05, 4.69) is 31.0 Å². The van der Waals surface area contributed by atoms with Crippen LogP contribution in [0.2, 0.25) is 5.02 Å². The molecule has 0 unspecified atom stereocenters. The minimum Gasteiger partial charge on any atom is -0.493 e. The van der Waals surface area contributed by atoms with E-state index in [0.717, 1.165) is 77.6 Å². The van der Waals surface area contributed by atoms with Crippen LogP contribution in [0.5, 0.6) is 5.75 Å². The molecule has 2 aromatic heterocycles. The van der Waals surface area contributed by atoms with Gasteiger partial charge in [-0.25, -0.2) is 4.98 Å². The van der Waals surface area contributed by atoms with Crippen molar-refractivity contribution in [3.8, 4) is 28.1 Å². The zero-order valence-electron chi connectivity index (χ0n) is 29.6. The Morgan fingerprint density at radius 1 is 1.08 bits per heavy atom. The topological polar surface area (TPSA) is 98.4 Å². The third-order valence-corrected chi connectivity index (χ3v) is 8.32. The molecule has 0 atom stereocenters. The molecule has 1 aliphatic rings. The van der Waals surface area contributed by atoms with Gasteiger partial charge in [-0.3, -0.25) is 4.79 Å². The highest BCUT2D eigenvalue weighted by Crippen LogP contribution is 2.37. The van der Waals surface area contributed by atoms with Gasteiger partial charge in [0, 0.05) is 46.6 Å². The summed E-state index contributed by atoms with van der Waals surface area (Å²) in [4.78, 5) is 19.7. The number of fused-ring (bicyclic) bond motifs is 1. The van der Waals surface area contributed by atoms with Crippen molar-refractivity contribution in [1.29, 1.82) is 0 Å². The molecule has 3 heterocycles. The number of hydrogen-bond donors (Lipinski definition) is 1. The van der Waals surface area contributed by atoms with Crippen LogP contribution in [0.1, 0.15) is 58.2 Å². The summed E-state index contributed by atoms with van der Waals surface area (Å²) >= 11 is 6.40. The summed E-state index contributed by atoms with van der Waals surface area (Å²) in [5.74, 6) is 1.29. The highest BCUT2D eigenvalue weighted by atomic mass is 35.5. The first-order valence-corrected chi connectivity index (χ1v) is 17.0. The lowest BCUT2D eigenvalue weighted by molar-refractivity contribution is -0.139. The first kappa shape index (κ1) is 37.6. The van der Waals surface area contributed by atoms with Crippen LogP contribution in [0.25, 0.3) is 28.0 Å². The molecule has 0 bridgehead atoms. The summed E-state index contributed by atoms with van der Waals surface area (Å²) in [7, 11) is 1.40. The summed E-state index contributed by atoms with van der Waals surface area (Å²) in [6.45, 7) is 19.4. The SMILES string of the molecule is C=CCCOc1ccc(Cl)cc1-c1cccc(-c2cc3nc(C)c(CC(=O)OC)c(N4CCC(C)(OCC=C)CC4)n3n2)c1.CC(C)(C)O. The van der Waals surface area contributed by atoms with Gasteiger partial charge in [0.2, 0.25) is 0 Å². The van der Waals surface area contributed by atoms with Gasteiger partial charge in [0.05, 0.1) is 43.6 Å². The summed E-state index contributed by atoms with van der Waals surface area (Å²) in [6.07, 6.45) is 6.12. The number of aliphatic hydroxyl groups is 1. The highest BCUT2D eigenvalue weighted by Gasteiger charge is 2.33. The number of halogens is 1. The standard InChI is InChI=1S/C35H39ClN4O4.C4H10O/c1-6-8-19-43-31-13-12-27(36)21-29(31)25-10-9-11-26(20-25)30-23-32-37-24(3)28(22-33(41)42-5)34(40(32)38-30)39-16-14-35(4,15-17-39)44-18-7-2;1-4(2,3)5/h6-7,9-13,20-21,23H,1-2,8,14-19,22H2,3-5H3;5H,1-3H3. The zero-order valence-corrected chi connectivity index (χ0v) is 30.3. The van der Waals surface area contributed by atoms with Crippen molar-refractivity contribution in [3.05, 3.63) is 90.1 Å². The van der Waals surface area contributed by atoms with Crippen molar-refractivity contribution >= 4 is 29.0 Å². The number of hydrogen-bond acceptors (Lipinski definition) is 8. The molecule has 9 nitrogen and oxygen atoms in total. The number of aryl methyl sites for hydroxylation is 1. The van der Waals surface area contributed by atoms with Gasteiger partial charge in [-0.2, -0.15) is 9.61 Å². The summed E-state index contributed by atoms with van der Waals surface area (Å²) in [5.41, 5.74) is 5.10. The monoisotopic (exact) mass is 688 g/mol. The number of methoxy groups -OCH3 is 1. The molecular formula is C39H49ClN4O5. The van der Waals surface area contributed by atoms with E-state index >= 15 is 0 Å². The van der Waals surface area contributed by atoms with Gasteiger partial charge in [0.25, 0.3) is 0 Å². The maximum absolute atomic E-state index is 12.5. The van der Waals surface area contributed by atoms with E-state index in [0.29, 0.717) is 23.9 Å². The van der Waals surface area contributed by atoms with E-state index in [9.17, 15) is 4.79 Å². The summed E-state index contributed by atoms with van der Waals surface area (Å²) in [5, 5.41) is 14.2. The van der Waals surface area contributed by atoms with Crippen LogP contribution >= 0.6 is 11.6 Å². The lowest BCUT2D eigenvalue weighted by atomic mass is 9.93. The van der Waals surface area contributed by atoms with Crippen LogP contribution < -0.4 is 9.64 Å². The van der Waals surface area contributed by atoms with E-state index in [1.165, 1.54) is 7.11 Å². The van der Waals surface area contributed by atoms with Crippen molar-refractivity contribution in [3.63, 3.8) is 0 Å². The molecule has 0 saturated carbocycles. The Bertz CT molecular complexity index is 1760. The highest BCUT2D eigenvalue weighted by molar-refractivity contribution is 6.31. The Balaban J connectivity index is 0.00000101. The van der Waals surface area contributed by atoms with E-state index in [1.54, 1.807) is 26.8 Å². The van der Waals surface area contributed by atoms with Crippen LogP contribution in [0, 0.1) is 6.92 Å². The largest absolute Gasteiger partial charge is 0.493 e. The fraction of sp³-hybridized carbons (Fsp3) is 0.410.